The summed E-state index contributed by atoms with van der Waals surface area (Å²) in [5, 5.41) is 12.0. The summed E-state index contributed by atoms with van der Waals surface area (Å²) in [5.41, 5.74) is 2.53. The van der Waals surface area contributed by atoms with Crippen LogP contribution in [0.1, 0.15) is 49.7 Å². The summed E-state index contributed by atoms with van der Waals surface area (Å²) in [6.07, 6.45) is 5.03. The van der Waals surface area contributed by atoms with Crippen LogP contribution in [-0.2, 0) is 11.2 Å². The van der Waals surface area contributed by atoms with Crippen LogP contribution in [0.3, 0.4) is 0 Å². The van der Waals surface area contributed by atoms with E-state index < -0.39 is 0 Å². The first kappa shape index (κ1) is 15.0. The van der Waals surface area contributed by atoms with Crippen molar-refractivity contribution in [3.05, 3.63) is 35.4 Å². The summed E-state index contributed by atoms with van der Waals surface area (Å²) in [6.45, 7) is 2.96. The molecule has 0 aromatic heterocycles. The molecule has 2 unspecified atom stereocenters. The molecule has 0 spiro atoms. The van der Waals surface area contributed by atoms with Crippen LogP contribution in [0.4, 0.5) is 0 Å². The normalized spacial score (nSPS) is 19.2. The molecule has 20 heavy (non-hydrogen) atoms. The minimum absolute atomic E-state index is 0.0233. The lowest BCUT2D eigenvalue weighted by atomic mass is 9.82. The average Bonchev–Trinajstić information content (AvgIpc) is 2.50. The van der Waals surface area contributed by atoms with E-state index in [0.29, 0.717) is 12.5 Å². The summed E-state index contributed by atoms with van der Waals surface area (Å²) in [5.74, 6) is 0.506. The first-order valence-electron chi connectivity index (χ1n) is 7.68. The molecule has 2 atom stereocenters. The number of aliphatic hydroxyl groups is 1. The Bertz CT molecular complexity index is 444. The smallest absolute Gasteiger partial charge is 0.227 e. The van der Waals surface area contributed by atoms with E-state index in [4.69, 9.17) is 5.11 Å². The number of rotatable bonds is 6. The van der Waals surface area contributed by atoms with E-state index in [2.05, 4.69) is 23.5 Å². The van der Waals surface area contributed by atoms with Crippen LogP contribution in [0.25, 0.3) is 0 Å². The molecule has 0 fully saturated rings. The zero-order valence-corrected chi connectivity index (χ0v) is 12.3. The quantitative estimate of drug-likeness (QED) is 0.784. The number of hydrogen-bond acceptors (Lipinski definition) is 2. The largest absolute Gasteiger partial charge is 0.396 e. The molecule has 1 amide bonds. The van der Waals surface area contributed by atoms with E-state index in [1.165, 1.54) is 11.1 Å². The average molecular weight is 275 g/mol. The molecule has 3 nitrogen and oxygen atoms in total. The molecule has 1 aliphatic carbocycles. The highest BCUT2D eigenvalue weighted by Gasteiger charge is 2.25. The fraction of sp³-hybridized carbons (Fsp3) is 0.588. The molecular weight excluding hydrogens is 250 g/mol. The summed E-state index contributed by atoms with van der Waals surface area (Å²) >= 11 is 0. The molecule has 0 radical (unpaired) electrons. The van der Waals surface area contributed by atoms with Crippen LogP contribution in [0, 0.1) is 5.92 Å². The third-order valence-corrected chi connectivity index (χ3v) is 4.17. The number of carbonyl (C=O) groups is 1. The number of aliphatic hydroxyl groups excluding tert-OH is 1. The molecule has 2 rings (SSSR count). The van der Waals surface area contributed by atoms with Gasteiger partial charge in [0.2, 0.25) is 5.91 Å². The number of fused-ring (bicyclic) bond motifs is 1. The summed E-state index contributed by atoms with van der Waals surface area (Å²) in [6, 6.07) is 8.30. The standard InChI is InChI=1S/C17H25NO2/c1-13(12-19)6-5-11-18-17(20)16-10-4-8-14-7-2-3-9-15(14)16/h2-3,7,9,13,16,19H,4-6,8,10-12H2,1H3,(H,18,20). The lowest BCUT2D eigenvalue weighted by Crippen LogP contribution is -2.32. The lowest BCUT2D eigenvalue weighted by Gasteiger charge is -2.24. The van der Waals surface area contributed by atoms with Gasteiger partial charge in [0.25, 0.3) is 0 Å². The minimum Gasteiger partial charge on any atom is -0.396 e. The van der Waals surface area contributed by atoms with Crippen LogP contribution in [-0.4, -0.2) is 24.2 Å². The van der Waals surface area contributed by atoms with Crippen molar-refractivity contribution < 1.29 is 9.90 Å². The van der Waals surface area contributed by atoms with Crippen molar-refractivity contribution in [3.8, 4) is 0 Å². The van der Waals surface area contributed by atoms with Crippen molar-refractivity contribution in [2.45, 2.75) is 44.9 Å². The Labute approximate surface area is 121 Å². The van der Waals surface area contributed by atoms with Gasteiger partial charge >= 0.3 is 0 Å². The monoisotopic (exact) mass is 275 g/mol. The van der Waals surface area contributed by atoms with Crippen molar-refractivity contribution in [3.63, 3.8) is 0 Å². The van der Waals surface area contributed by atoms with Crippen molar-refractivity contribution in [2.75, 3.05) is 13.2 Å². The van der Waals surface area contributed by atoms with Gasteiger partial charge in [-0.1, -0.05) is 31.2 Å². The highest BCUT2D eigenvalue weighted by molar-refractivity contribution is 5.84. The van der Waals surface area contributed by atoms with E-state index in [0.717, 1.165) is 32.1 Å². The number of aryl methyl sites for hydroxylation is 1. The van der Waals surface area contributed by atoms with E-state index in [1.54, 1.807) is 0 Å². The number of nitrogens with one attached hydrogen (secondary N) is 1. The highest BCUT2D eigenvalue weighted by atomic mass is 16.3. The molecule has 2 N–H and O–H groups in total. The van der Waals surface area contributed by atoms with Crippen LogP contribution < -0.4 is 5.32 Å². The van der Waals surface area contributed by atoms with Gasteiger partial charge in [0.1, 0.15) is 0 Å². The Kier molecular flexibility index (Phi) is 5.60. The lowest BCUT2D eigenvalue weighted by molar-refractivity contribution is -0.122. The van der Waals surface area contributed by atoms with Crippen LogP contribution in [0.15, 0.2) is 24.3 Å². The molecule has 1 aliphatic rings. The van der Waals surface area contributed by atoms with E-state index in [1.807, 2.05) is 13.0 Å². The van der Waals surface area contributed by atoms with E-state index >= 15 is 0 Å². The maximum Gasteiger partial charge on any atom is 0.227 e. The van der Waals surface area contributed by atoms with Crippen LogP contribution in [0.5, 0.6) is 0 Å². The van der Waals surface area contributed by atoms with Crippen LogP contribution in [0.2, 0.25) is 0 Å². The maximum absolute atomic E-state index is 12.3. The summed E-state index contributed by atoms with van der Waals surface area (Å²) in [7, 11) is 0. The van der Waals surface area contributed by atoms with E-state index in [9.17, 15) is 4.79 Å². The Morgan fingerprint density at radius 3 is 3.05 bits per heavy atom. The van der Waals surface area contributed by atoms with Crippen molar-refractivity contribution in [2.24, 2.45) is 5.92 Å². The third-order valence-electron chi connectivity index (χ3n) is 4.17. The molecule has 0 saturated carbocycles. The topological polar surface area (TPSA) is 49.3 Å². The first-order valence-corrected chi connectivity index (χ1v) is 7.68. The van der Waals surface area contributed by atoms with Gasteiger partial charge in [0.15, 0.2) is 0 Å². The molecule has 0 heterocycles. The summed E-state index contributed by atoms with van der Waals surface area (Å²) < 4.78 is 0. The van der Waals surface area contributed by atoms with E-state index in [-0.39, 0.29) is 18.4 Å². The third kappa shape index (κ3) is 3.83. The van der Waals surface area contributed by atoms with Gasteiger partial charge in [0, 0.05) is 13.2 Å². The Hall–Kier alpha value is -1.35. The molecule has 0 aliphatic heterocycles. The number of benzene rings is 1. The predicted molar refractivity (Wildman–Crippen MR) is 80.6 cm³/mol. The molecule has 110 valence electrons. The molecular formula is C17H25NO2. The first-order chi connectivity index (χ1) is 9.72. The molecule has 1 aromatic carbocycles. The van der Waals surface area contributed by atoms with Gasteiger partial charge in [-0.25, -0.2) is 0 Å². The SMILES string of the molecule is CC(CO)CCCNC(=O)C1CCCc2ccccc21. The van der Waals surface area contributed by atoms with Crippen molar-refractivity contribution >= 4 is 5.91 Å². The second-order valence-electron chi connectivity index (χ2n) is 5.86. The summed E-state index contributed by atoms with van der Waals surface area (Å²) in [4.78, 5) is 12.3. The van der Waals surface area contributed by atoms with Crippen LogP contribution >= 0.6 is 0 Å². The second kappa shape index (κ2) is 7.44. The zero-order valence-electron chi connectivity index (χ0n) is 12.3. The zero-order chi connectivity index (χ0) is 14.4. The maximum atomic E-state index is 12.3. The highest BCUT2D eigenvalue weighted by Crippen LogP contribution is 2.31. The van der Waals surface area contributed by atoms with Gasteiger partial charge < -0.3 is 10.4 Å². The Balaban J connectivity index is 1.85. The molecule has 0 bridgehead atoms. The number of amides is 1. The van der Waals surface area contributed by atoms with Crippen molar-refractivity contribution in [1.82, 2.24) is 5.32 Å². The fourth-order valence-electron chi connectivity index (χ4n) is 2.90. The molecule has 0 saturated heterocycles. The Morgan fingerprint density at radius 1 is 1.45 bits per heavy atom. The number of carbonyl (C=O) groups excluding carboxylic acids is 1. The minimum atomic E-state index is 0.0233. The fourth-order valence-corrected chi connectivity index (χ4v) is 2.90. The van der Waals surface area contributed by atoms with Gasteiger partial charge in [-0.3, -0.25) is 4.79 Å². The van der Waals surface area contributed by atoms with Gasteiger partial charge in [-0.15, -0.1) is 0 Å². The predicted octanol–water partition coefficient (Wildman–Crippen LogP) is 2.63. The van der Waals surface area contributed by atoms with Crippen molar-refractivity contribution in [1.29, 1.82) is 0 Å². The Morgan fingerprint density at radius 2 is 2.25 bits per heavy atom. The van der Waals surface area contributed by atoms with Gasteiger partial charge in [-0.05, 0) is 49.1 Å². The van der Waals surface area contributed by atoms with Gasteiger partial charge in [-0.2, -0.15) is 0 Å². The second-order valence-corrected chi connectivity index (χ2v) is 5.86. The molecule has 1 aromatic rings. The number of hydrogen-bond donors (Lipinski definition) is 2. The molecule has 3 heteroatoms. The van der Waals surface area contributed by atoms with Gasteiger partial charge in [0.05, 0.1) is 5.92 Å².